The van der Waals surface area contributed by atoms with Crippen LogP contribution in [-0.4, -0.2) is 61.5 Å². The number of rotatable bonds is 13. The summed E-state index contributed by atoms with van der Waals surface area (Å²) in [6.45, 7) is 2.35. The molecule has 0 aliphatic carbocycles. The van der Waals surface area contributed by atoms with Gasteiger partial charge in [-0.05, 0) is 23.1 Å². The average Bonchev–Trinajstić information content (AvgIpc) is 2.86. The highest BCUT2D eigenvalue weighted by atomic mass is 16.7. The van der Waals surface area contributed by atoms with Crippen LogP contribution in [-0.2, 0) is 41.7 Å². The van der Waals surface area contributed by atoms with Gasteiger partial charge in [-0.25, -0.2) is 0 Å². The molecule has 1 N–H and O–H groups in total. The van der Waals surface area contributed by atoms with Gasteiger partial charge >= 0.3 is 5.97 Å². The normalized spacial score (nSPS) is 23.9. The number of aliphatic hydroxyl groups is 1. The summed E-state index contributed by atoms with van der Waals surface area (Å²) in [5.41, 5.74) is 10.3. The third-order valence-electron chi connectivity index (χ3n) is 5.35. The van der Waals surface area contributed by atoms with Gasteiger partial charge < -0.3 is 28.8 Å². The number of aliphatic hydroxyl groups excluding tert-OH is 1. The molecule has 0 bridgehead atoms. The number of ether oxygens (including phenoxy) is 5. The number of azide groups is 1. The second kappa shape index (κ2) is 14.4. The number of benzene rings is 2. The number of hydrogen-bond donors (Lipinski definition) is 1. The molecule has 188 valence electrons. The minimum atomic E-state index is -1.22. The molecule has 1 aliphatic rings. The Hall–Kier alpha value is -2.98. The molecule has 1 aliphatic heterocycles. The molecule has 0 amide bonds. The Morgan fingerprint density at radius 1 is 1.03 bits per heavy atom. The van der Waals surface area contributed by atoms with Gasteiger partial charge in [0.2, 0.25) is 0 Å². The third-order valence-corrected chi connectivity index (χ3v) is 5.35. The first kappa shape index (κ1) is 26.6. The van der Waals surface area contributed by atoms with Crippen LogP contribution in [0, 0.1) is 0 Å². The summed E-state index contributed by atoms with van der Waals surface area (Å²) in [6.07, 6.45) is -4.41. The first-order valence-electron chi connectivity index (χ1n) is 11.5. The van der Waals surface area contributed by atoms with Crippen LogP contribution in [0.1, 0.15) is 24.5 Å². The van der Waals surface area contributed by atoms with Gasteiger partial charge in [-0.15, -0.1) is 0 Å². The fraction of sp³-hybridized carbons (Fsp3) is 0.480. The molecule has 35 heavy (non-hydrogen) atoms. The van der Waals surface area contributed by atoms with Crippen molar-refractivity contribution in [1.29, 1.82) is 0 Å². The van der Waals surface area contributed by atoms with Gasteiger partial charge in [0, 0.05) is 25.0 Å². The zero-order valence-corrected chi connectivity index (χ0v) is 19.6. The second-order valence-electron chi connectivity index (χ2n) is 8.05. The fourth-order valence-electron chi connectivity index (χ4n) is 3.69. The number of esters is 1. The van der Waals surface area contributed by atoms with E-state index in [-0.39, 0.29) is 26.4 Å². The summed E-state index contributed by atoms with van der Waals surface area (Å²) in [5, 5.41) is 14.7. The maximum absolute atomic E-state index is 11.8. The van der Waals surface area contributed by atoms with E-state index >= 15 is 0 Å². The predicted octanol–water partition coefficient (Wildman–Crippen LogP) is 3.52. The predicted molar refractivity (Wildman–Crippen MR) is 126 cm³/mol. The molecule has 1 saturated heterocycles. The highest BCUT2D eigenvalue weighted by Gasteiger charge is 2.48. The second-order valence-corrected chi connectivity index (χ2v) is 8.05. The lowest BCUT2D eigenvalue weighted by Gasteiger charge is -2.43. The molecule has 1 fully saturated rings. The summed E-state index contributed by atoms with van der Waals surface area (Å²) in [7, 11) is 0. The standard InChI is InChI=1S/C25H31N3O7/c1-18(29)34-23-21(17-31-15-19-9-4-2-5-10-19)35-25(32-14-8-13-27-28-26)24(22(23)30)33-16-20-11-6-3-7-12-20/h2-7,9-12,21-25,30H,8,13-17H2,1H3/t21?,22-,23-,24?,25+/m0/s1. The Bertz CT molecular complexity index is 939. The summed E-state index contributed by atoms with van der Waals surface area (Å²) < 4.78 is 29.2. The zero-order valence-electron chi connectivity index (χ0n) is 19.6. The van der Waals surface area contributed by atoms with E-state index in [1.54, 1.807) is 0 Å². The molecular formula is C25H31N3O7. The number of hydrogen-bond acceptors (Lipinski definition) is 8. The van der Waals surface area contributed by atoms with Crippen molar-refractivity contribution in [2.75, 3.05) is 19.8 Å². The quantitative estimate of drug-likeness (QED) is 0.151. The molecule has 5 atom stereocenters. The van der Waals surface area contributed by atoms with Crippen molar-refractivity contribution in [3.8, 4) is 0 Å². The topological polar surface area (TPSA) is 132 Å². The largest absolute Gasteiger partial charge is 0.457 e. The summed E-state index contributed by atoms with van der Waals surface area (Å²) in [4.78, 5) is 14.5. The lowest BCUT2D eigenvalue weighted by molar-refractivity contribution is -0.315. The summed E-state index contributed by atoms with van der Waals surface area (Å²) >= 11 is 0. The highest BCUT2D eigenvalue weighted by molar-refractivity contribution is 5.66. The van der Waals surface area contributed by atoms with E-state index < -0.39 is 36.7 Å². The van der Waals surface area contributed by atoms with Gasteiger partial charge in [0.1, 0.15) is 18.3 Å². The van der Waals surface area contributed by atoms with Gasteiger partial charge in [-0.1, -0.05) is 65.8 Å². The van der Waals surface area contributed by atoms with E-state index in [2.05, 4.69) is 10.0 Å². The molecular weight excluding hydrogens is 454 g/mol. The third kappa shape index (κ3) is 8.63. The van der Waals surface area contributed by atoms with Gasteiger partial charge in [-0.3, -0.25) is 4.79 Å². The summed E-state index contributed by atoms with van der Waals surface area (Å²) in [6, 6.07) is 19.1. The zero-order chi connectivity index (χ0) is 24.9. The molecule has 0 saturated carbocycles. The molecule has 10 heteroatoms. The molecule has 3 rings (SSSR count). The molecule has 1 heterocycles. The van der Waals surface area contributed by atoms with Gasteiger partial charge in [0.25, 0.3) is 0 Å². The molecule has 0 aromatic heterocycles. The van der Waals surface area contributed by atoms with Crippen molar-refractivity contribution < 1.29 is 33.6 Å². The minimum absolute atomic E-state index is 0.0634. The highest BCUT2D eigenvalue weighted by Crippen LogP contribution is 2.28. The van der Waals surface area contributed by atoms with Crippen molar-refractivity contribution >= 4 is 5.97 Å². The van der Waals surface area contributed by atoms with Crippen molar-refractivity contribution in [3.63, 3.8) is 0 Å². The van der Waals surface area contributed by atoms with E-state index in [1.165, 1.54) is 6.92 Å². The van der Waals surface area contributed by atoms with Crippen LogP contribution in [0.25, 0.3) is 10.4 Å². The minimum Gasteiger partial charge on any atom is -0.457 e. The van der Waals surface area contributed by atoms with Crippen LogP contribution in [0.2, 0.25) is 0 Å². The van der Waals surface area contributed by atoms with E-state index in [4.69, 9.17) is 29.2 Å². The number of carbonyl (C=O) groups is 1. The van der Waals surface area contributed by atoms with Crippen LogP contribution >= 0.6 is 0 Å². The molecule has 2 aromatic rings. The van der Waals surface area contributed by atoms with Crippen LogP contribution in [0.5, 0.6) is 0 Å². The van der Waals surface area contributed by atoms with Crippen LogP contribution in [0.15, 0.2) is 65.8 Å². The Morgan fingerprint density at radius 2 is 1.69 bits per heavy atom. The van der Waals surface area contributed by atoms with Crippen LogP contribution in [0.4, 0.5) is 0 Å². The Balaban J connectivity index is 1.70. The van der Waals surface area contributed by atoms with Crippen LogP contribution in [0.3, 0.4) is 0 Å². The maximum atomic E-state index is 11.8. The Morgan fingerprint density at radius 3 is 2.31 bits per heavy atom. The Kier molecular flexibility index (Phi) is 11.0. The first-order chi connectivity index (χ1) is 17.1. The molecule has 2 aromatic carbocycles. The first-order valence-corrected chi connectivity index (χ1v) is 11.5. The van der Waals surface area contributed by atoms with E-state index in [9.17, 15) is 9.90 Å². The SMILES string of the molecule is CC(=O)O[C@H]1C(COCc2ccccc2)O[C@@H](OCCCN=[N+]=[N-])C(OCc2ccccc2)[C@H]1O. The molecule has 0 spiro atoms. The van der Waals surface area contributed by atoms with E-state index in [1.807, 2.05) is 60.7 Å². The number of carbonyl (C=O) groups excluding carboxylic acids is 1. The number of nitrogens with zero attached hydrogens (tertiary/aromatic N) is 3. The lowest BCUT2D eigenvalue weighted by atomic mass is 9.98. The van der Waals surface area contributed by atoms with Crippen LogP contribution < -0.4 is 0 Å². The van der Waals surface area contributed by atoms with Crippen molar-refractivity contribution in [2.45, 2.75) is 57.3 Å². The van der Waals surface area contributed by atoms with Crippen molar-refractivity contribution in [3.05, 3.63) is 82.2 Å². The van der Waals surface area contributed by atoms with Crippen molar-refractivity contribution in [1.82, 2.24) is 0 Å². The fourth-order valence-corrected chi connectivity index (χ4v) is 3.69. The smallest absolute Gasteiger partial charge is 0.303 e. The Labute approximate surface area is 204 Å². The van der Waals surface area contributed by atoms with E-state index in [0.717, 1.165) is 11.1 Å². The molecule has 0 radical (unpaired) electrons. The summed E-state index contributed by atoms with van der Waals surface area (Å²) in [5.74, 6) is -0.554. The lowest BCUT2D eigenvalue weighted by Crippen LogP contribution is -2.61. The molecule has 10 nitrogen and oxygen atoms in total. The van der Waals surface area contributed by atoms with Gasteiger partial charge in [0.05, 0.1) is 19.8 Å². The molecule has 2 unspecified atom stereocenters. The maximum Gasteiger partial charge on any atom is 0.303 e. The van der Waals surface area contributed by atoms with E-state index in [0.29, 0.717) is 13.0 Å². The monoisotopic (exact) mass is 485 g/mol. The van der Waals surface area contributed by atoms with Gasteiger partial charge in [0.15, 0.2) is 12.4 Å². The average molecular weight is 486 g/mol. The van der Waals surface area contributed by atoms with Gasteiger partial charge in [-0.2, -0.15) is 0 Å². The van der Waals surface area contributed by atoms with Crippen molar-refractivity contribution in [2.24, 2.45) is 5.11 Å².